The zero-order chi connectivity index (χ0) is 17.2. The first-order chi connectivity index (χ1) is 11.5. The highest BCUT2D eigenvalue weighted by atomic mass is 19.4. The minimum atomic E-state index is -4.31. The number of piperazine rings is 1. The normalized spacial score (nSPS) is 15.5. The molecule has 2 aromatic rings. The van der Waals surface area contributed by atoms with Gasteiger partial charge in [0.25, 0.3) is 0 Å². The maximum absolute atomic E-state index is 12.6. The minimum absolute atomic E-state index is 0.634. The molecule has 1 fully saturated rings. The standard InChI is InChI=1S/C18H17F3N2O/c19-18(20,21)15-5-7-16(8-6-15)22-9-11-23(12-10-22)17-4-2-1-3-14(17)13-24/h1-8,13H,9-12H2. The fourth-order valence-corrected chi connectivity index (χ4v) is 2.94. The van der Waals surface area contributed by atoms with Crippen molar-refractivity contribution in [1.29, 1.82) is 0 Å². The van der Waals surface area contributed by atoms with E-state index in [-0.39, 0.29) is 0 Å². The largest absolute Gasteiger partial charge is 0.416 e. The van der Waals surface area contributed by atoms with Crippen LogP contribution in [-0.2, 0) is 6.18 Å². The second kappa shape index (κ2) is 6.55. The monoisotopic (exact) mass is 334 g/mol. The van der Waals surface area contributed by atoms with Crippen LogP contribution in [0.1, 0.15) is 15.9 Å². The highest BCUT2D eigenvalue weighted by Crippen LogP contribution is 2.31. The maximum atomic E-state index is 12.6. The summed E-state index contributed by atoms with van der Waals surface area (Å²) < 4.78 is 37.9. The number of rotatable bonds is 3. The van der Waals surface area contributed by atoms with Gasteiger partial charge in [-0.3, -0.25) is 4.79 Å². The molecule has 24 heavy (non-hydrogen) atoms. The van der Waals surface area contributed by atoms with Gasteiger partial charge in [0.1, 0.15) is 0 Å². The third-order valence-electron chi connectivity index (χ3n) is 4.24. The number of benzene rings is 2. The average molecular weight is 334 g/mol. The molecule has 1 heterocycles. The summed E-state index contributed by atoms with van der Waals surface area (Å²) in [5, 5.41) is 0. The van der Waals surface area contributed by atoms with E-state index in [0.29, 0.717) is 31.7 Å². The first kappa shape index (κ1) is 16.4. The van der Waals surface area contributed by atoms with E-state index >= 15 is 0 Å². The van der Waals surface area contributed by atoms with Gasteiger partial charge in [-0.25, -0.2) is 0 Å². The highest BCUT2D eigenvalue weighted by Gasteiger charge is 2.30. The van der Waals surface area contributed by atoms with Crippen LogP contribution in [0.5, 0.6) is 0 Å². The van der Waals surface area contributed by atoms with Crippen LogP contribution in [0, 0.1) is 0 Å². The maximum Gasteiger partial charge on any atom is 0.416 e. The van der Waals surface area contributed by atoms with E-state index in [0.717, 1.165) is 29.8 Å². The fourth-order valence-electron chi connectivity index (χ4n) is 2.94. The van der Waals surface area contributed by atoms with Crippen LogP contribution in [0.25, 0.3) is 0 Å². The number of halogens is 3. The Hall–Kier alpha value is -2.50. The molecule has 0 unspecified atom stereocenters. The number of alkyl halides is 3. The van der Waals surface area contributed by atoms with Gasteiger partial charge in [0.15, 0.2) is 6.29 Å². The Kier molecular flexibility index (Phi) is 4.46. The van der Waals surface area contributed by atoms with Crippen LogP contribution in [0.4, 0.5) is 24.5 Å². The summed E-state index contributed by atoms with van der Waals surface area (Å²) in [5.74, 6) is 0. The van der Waals surface area contributed by atoms with Gasteiger partial charge >= 0.3 is 6.18 Å². The number of nitrogens with zero attached hydrogens (tertiary/aromatic N) is 2. The van der Waals surface area contributed by atoms with Crippen molar-refractivity contribution >= 4 is 17.7 Å². The second-order valence-corrected chi connectivity index (χ2v) is 5.70. The Labute approximate surface area is 138 Å². The van der Waals surface area contributed by atoms with E-state index in [1.807, 2.05) is 18.2 Å². The molecule has 1 saturated heterocycles. The quantitative estimate of drug-likeness (QED) is 0.797. The van der Waals surface area contributed by atoms with Gasteiger partial charge in [0.05, 0.1) is 5.56 Å². The molecular formula is C18H17F3N2O. The van der Waals surface area contributed by atoms with Crippen molar-refractivity contribution in [3.8, 4) is 0 Å². The predicted molar refractivity (Wildman–Crippen MR) is 87.7 cm³/mol. The molecule has 0 aromatic heterocycles. The Balaban J connectivity index is 1.68. The Morgan fingerprint density at radius 3 is 2.00 bits per heavy atom. The zero-order valence-corrected chi connectivity index (χ0v) is 13.0. The van der Waals surface area contributed by atoms with Gasteiger partial charge in [-0.05, 0) is 36.4 Å². The SMILES string of the molecule is O=Cc1ccccc1N1CCN(c2ccc(C(F)(F)F)cc2)CC1. The molecule has 0 aliphatic carbocycles. The number of carbonyl (C=O) groups excluding carboxylic acids is 1. The predicted octanol–water partition coefficient (Wildman–Crippen LogP) is 3.84. The van der Waals surface area contributed by atoms with Crippen LogP contribution in [-0.4, -0.2) is 32.5 Å². The fraction of sp³-hybridized carbons (Fsp3) is 0.278. The molecule has 6 heteroatoms. The zero-order valence-electron chi connectivity index (χ0n) is 13.0. The Morgan fingerprint density at radius 2 is 1.42 bits per heavy atom. The molecule has 0 atom stereocenters. The van der Waals surface area contributed by atoms with E-state index in [1.165, 1.54) is 12.1 Å². The number of anilines is 2. The van der Waals surface area contributed by atoms with Crippen LogP contribution in [0.3, 0.4) is 0 Å². The molecule has 0 spiro atoms. The summed E-state index contributed by atoms with van der Waals surface area (Å²) in [7, 11) is 0. The molecule has 0 N–H and O–H groups in total. The Morgan fingerprint density at radius 1 is 0.833 bits per heavy atom. The molecule has 0 radical (unpaired) electrons. The van der Waals surface area contributed by atoms with Gasteiger partial charge < -0.3 is 9.80 Å². The highest BCUT2D eigenvalue weighted by molar-refractivity contribution is 5.84. The van der Waals surface area contributed by atoms with Crippen LogP contribution >= 0.6 is 0 Å². The van der Waals surface area contributed by atoms with Crippen molar-refractivity contribution in [1.82, 2.24) is 0 Å². The first-order valence-electron chi connectivity index (χ1n) is 7.70. The first-order valence-corrected chi connectivity index (χ1v) is 7.70. The van der Waals surface area contributed by atoms with E-state index in [1.54, 1.807) is 6.07 Å². The number of carbonyl (C=O) groups is 1. The van der Waals surface area contributed by atoms with Crippen molar-refractivity contribution in [3.63, 3.8) is 0 Å². The summed E-state index contributed by atoms with van der Waals surface area (Å²) in [5.41, 5.74) is 1.70. The van der Waals surface area contributed by atoms with E-state index < -0.39 is 11.7 Å². The molecule has 126 valence electrons. The topological polar surface area (TPSA) is 23.6 Å². The number of hydrogen-bond donors (Lipinski definition) is 0. The smallest absolute Gasteiger partial charge is 0.368 e. The summed E-state index contributed by atoms with van der Waals surface area (Å²) >= 11 is 0. The molecule has 3 nitrogen and oxygen atoms in total. The number of aldehydes is 1. The van der Waals surface area contributed by atoms with Gasteiger partial charge in [0.2, 0.25) is 0 Å². The second-order valence-electron chi connectivity index (χ2n) is 5.70. The number of para-hydroxylation sites is 1. The lowest BCUT2D eigenvalue weighted by Crippen LogP contribution is -2.46. The average Bonchev–Trinajstić information content (AvgIpc) is 2.61. The number of hydrogen-bond acceptors (Lipinski definition) is 3. The molecular weight excluding hydrogens is 317 g/mol. The minimum Gasteiger partial charge on any atom is -0.368 e. The van der Waals surface area contributed by atoms with E-state index in [9.17, 15) is 18.0 Å². The van der Waals surface area contributed by atoms with E-state index in [2.05, 4.69) is 9.80 Å². The van der Waals surface area contributed by atoms with Crippen molar-refractivity contribution in [2.24, 2.45) is 0 Å². The van der Waals surface area contributed by atoms with Gasteiger partial charge in [-0.15, -0.1) is 0 Å². The molecule has 1 aliphatic heterocycles. The molecule has 0 saturated carbocycles. The molecule has 1 aliphatic rings. The molecule has 3 rings (SSSR count). The van der Waals surface area contributed by atoms with Crippen molar-refractivity contribution in [3.05, 3.63) is 59.7 Å². The summed E-state index contributed by atoms with van der Waals surface area (Å²) in [6.07, 6.45) is -3.46. The molecule has 0 bridgehead atoms. The van der Waals surface area contributed by atoms with Crippen molar-refractivity contribution < 1.29 is 18.0 Å². The van der Waals surface area contributed by atoms with Crippen LogP contribution in [0.15, 0.2) is 48.5 Å². The lowest BCUT2D eigenvalue weighted by Gasteiger charge is -2.37. The summed E-state index contributed by atoms with van der Waals surface area (Å²) in [6.45, 7) is 2.81. The third-order valence-corrected chi connectivity index (χ3v) is 4.24. The molecule has 2 aromatic carbocycles. The Bertz CT molecular complexity index is 705. The van der Waals surface area contributed by atoms with Crippen LogP contribution < -0.4 is 9.80 Å². The van der Waals surface area contributed by atoms with Gasteiger partial charge in [-0.2, -0.15) is 13.2 Å². The van der Waals surface area contributed by atoms with Crippen molar-refractivity contribution in [2.45, 2.75) is 6.18 Å². The van der Waals surface area contributed by atoms with Gasteiger partial charge in [-0.1, -0.05) is 12.1 Å². The third kappa shape index (κ3) is 3.37. The lowest BCUT2D eigenvalue weighted by molar-refractivity contribution is -0.137. The lowest BCUT2D eigenvalue weighted by atomic mass is 10.1. The van der Waals surface area contributed by atoms with Gasteiger partial charge in [0, 0.05) is 43.1 Å². The van der Waals surface area contributed by atoms with Crippen LogP contribution in [0.2, 0.25) is 0 Å². The summed E-state index contributed by atoms with van der Waals surface area (Å²) in [4.78, 5) is 15.3. The van der Waals surface area contributed by atoms with E-state index in [4.69, 9.17) is 0 Å². The molecule has 0 amide bonds. The summed E-state index contributed by atoms with van der Waals surface area (Å²) in [6, 6.07) is 12.7. The van der Waals surface area contributed by atoms with Crippen molar-refractivity contribution in [2.75, 3.05) is 36.0 Å².